The minimum atomic E-state index is -0.574. The Hall–Kier alpha value is -1.81. The van der Waals surface area contributed by atoms with Crippen molar-refractivity contribution in [1.82, 2.24) is 9.97 Å². The summed E-state index contributed by atoms with van der Waals surface area (Å²) in [5.41, 5.74) is 21.3. The van der Waals surface area contributed by atoms with E-state index in [9.17, 15) is 4.79 Å². The van der Waals surface area contributed by atoms with Crippen molar-refractivity contribution in [3.8, 4) is 0 Å². The molecule has 28 heavy (non-hydrogen) atoms. The van der Waals surface area contributed by atoms with E-state index in [4.69, 9.17) is 21.9 Å². The second-order valence-corrected chi connectivity index (χ2v) is 7.44. The summed E-state index contributed by atoms with van der Waals surface area (Å²) in [5.74, 6) is 0.811. The van der Waals surface area contributed by atoms with Crippen LogP contribution in [0.5, 0.6) is 0 Å². The van der Waals surface area contributed by atoms with E-state index in [2.05, 4.69) is 14.5 Å². The van der Waals surface area contributed by atoms with E-state index < -0.39 is 6.04 Å². The van der Waals surface area contributed by atoms with Gasteiger partial charge in [0.15, 0.2) is 12.2 Å². The number of nitrogens with zero attached hydrogens (tertiary/aromatic N) is 3. The third kappa shape index (κ3) is 6.97. The standard InChI is InChI=1S/C18H29N6O2S.ClH/c1-12-16(6-8-26-18(25)15(20)5-3-4-7-19)27-11-24(12)10-14-9-22-13(2)23-17(14)21;/h9,11,15H,3-8,10,19-20H2,1-2H3,(H2,21,22,23);1H/q+1;/p-1/t15-;/m0./s1. The summed E-state index contributed by atoms with van der Waals surface area (Å²) in [6.45, 7) is 5.39. The van der Waals surface area contributed by atoms with E-state index in [1.54, 1.807) is 17.5 Å². The van der Waals surface area contributed by atoms with Crippen LogP contribution in [0.3, 0.4) is 0 Å². The number of aromatic nitrogens is 3. The zero-order valence-corrected chi connectivity index (χ0v) is 17.9. The van der Waals surface area contributed by atoms with Gasteiger partial charge in [-0.3, -0.25) is 4.79 Å². The lowest BCUT2D eigenvalue weighted by atomic mass is 10.1. The molecule has 156 valence electrons. The number of aryl methyl sites for hydroxylation is 1. The highest BCUT2D eigenvalue weighted by molar-refractivity contribution is 7.09. The summed E-state index contributed by atoms with van der Waals surface area (Å²) in [4.78, 5) is 21.5. The van der Waals surface area contributed by atoms with Gasteiger partial charge in [-0.2, -0.15) is 4.57 Å². The second kappa shape index (κ2) is 11.9. The zero-order valence-electron chi connectivity index (χ0n) is 16.4. The van der Waals surface area contributed by atoms with Crippen LogP contribution in [0, 0.1) is 13.8 Å². The van der Waals surface area contributed by atoms with Crippen molar-refractivity contribution in [2.45, 2.75) is 52.1 Å². The maximum absolute atomic E-state index is 11.9. The summed E-state index contributed by atoms with van der Waals surface area (Å²) in [6.07, 6.45) is 4.72. The number of carbonyl (C=O) groups excluding carboxylic acids is 1. The summed E-state index contributed by atoms with van der Waals surface area (Å²) < 4.78 is 7.42. The number of halogens is 1. The number of nitrogens with two attached hydrogens (primary N) is 3. The van der Waals surface area contributed by atoms with Crippen molar-refractivity contribution < 1.29 is 26.5 Å². The molecule has 0 amide bonds. The number of thiazole rings is 1. The zero-order chi connectivity index (χ0) is 19.8. The summed E-state index contributed by atoms with van der Waals surface area (Å²) in [5, 5.41) is 0. The molecule has 2 aromatic rings. The van der Waals surface area contributed by atoms with Crippen molar-refractivity contribution >= 4 is 23.1 Å². The van der Waals surface area contributed by atoms with Crippen LogP contribution in [0.25, 0.3) is 0 Å². The first-order valence-corrected chi connectivity index (χ1v) is 9.97. The Morgan fingerprint density at radius 3 is 2.79 bits per heavy atom. The molecule has 0 spiro atoms. The molecule has 6 N–H and O–H groups in total. The largest absolute Gasteiger partial charge is 1.00 e. The van der Waals surface area contributed by atoms with Gasteiger partial charge < -0.3 is 34.3 Å². The van der Waals surface area contributed by atoms with Crippen LogP contribution in [-0.4, -0.2) is 35.1 Å². The summed E-state index contributed by atoms with van der Waals surface area (Å²) in [7, 11) is 0. The van der Waals surface area contributed by atoms with Crippen LogP contribution in [0.4, 0.5) is 5.82 Å². The normalized spacial score (nSPS) is 11.7. The minimum absolute atomic E-state index is 0. The van der Waals surface area contributed by atoms with Gasteiger partial charge in [0.25, 0.3) is 0 Å². The molecule has 10 heteroatoms. The Kier molecular flexibility index (Phi) is 10.3. The highest BCUT2D eigenvalue weighted by Gasteiger charge is 2.19. The molecule has 0 aliphatic heterocycles. The number of carbonyl (C=O) groups is 1. The molecular formula is C18H29ClN6O2S. The molecule has 0 aromatic carbocycles. The minimum Gasteiger partial charge on any atom is -1.00 e. The molecule has 0 radical (unpaired) electrons. The van der Waals surface area contributed by atoms with Crippen molar-refractivity contribution in [3.05, 3.63) is 33.7 Å². The van der Waals surface area contributed by atoms with Crippen LogP contribution >= 0.6 is 11.3 Å². The third-order valence-electron chi connectivity index (χ3n) is 4.36. The van der Waals surface area contributed by atoms with E-state index in [1.165, 1.54) is 0 Å². The molecule has 0 saturated heterocycles. The first-order chi connectivity index (χ1) is 12.9. The average molecular weight is 429 g/mol. The highest BCUT2D eigenvalue weighted by atomic mass is 35.5. The number of nitrogen functional groups attached to an aromatic ring is 1. The number of hydrogen-bond donors (Lipinski definition) is 3. The van der Waals surface area contributed by atoms with Gasteiger partial charge in [0.05, 0.1) is 17.0 Å². The lowest BCUT2D eigenvalue weighted by Crippen LogP contribution is -3.00. The van der Waals surface area contributed by atoms with E-state index in [0.717, 1.165) is 29.0 Å². The van der Waals surface area contributed by atoms with Gasteiger partial charge in [-0.1, -0.05) is 17.8 Å². The van der Waals surface area contributed by atoms with Gasteiger partial charge in [-0.05, 0) is 26.3 Å². The highest BCUT2D eigenvalue weighted by Crippen LogP contribution is 2.14. The second-order valence-electron chi connectivity index (χ2n) is 6.50. The molecule has 2 rings (SSSR count). The topological polar surface area (TPSA) is 134 Å². The SMILES string of the molecule is Cc1ncc(C[n+]2csc(CCOC(=O)[C@@H](N)CCCCN)c2C)c(N)n1.[Cl-]. The molecule has 8 nitrogen and oxygen atoms in total. The first kappa shape index (κ1) is 24.2. The van der Waals surface area contributed by atoms with Crippen LogP contribution in [0.15, 0.2) is 11.7 Å². The molecule has 0 saturated carbocycles. The quantitative estimate of drug-likeness (QED) is 0.218. The van der Waals surface area contributed by atoms with Crippen LogP contribution in [0.2, 0.25) is 0 Å². The number of unbranched alkanes of at least 4 members (excludes halogenated alkanes) is 1. The van der Waals surface area contributed by atoms with Crippen LogP contribution < -0.4 is 34.2 Å². The van der Waals surface area contributed by atoms with Gasteiger partial charge in [0.1, 0.15) is 17.7 Å². The van der Waals surface area contributed by atoms with Gasteiger partial charge in [-0.15, -0.1) is 0 Å². The fourth-order valence-corrected chi connectivity index (χ4v) is 3.62. The number of esters is 1. The molecule has 2 heterocycles. The maximum Gasteiger partial charge on any atom is 0.322 e. The van der Waals surface area contributed by atoms with Gasteiger partial charge >= 0.3 is 5.97 Å². The molecule has 0 fully saturated rings. The molecule has 0 aliphatic rings. The predicted octanol–water partition coefficient (Wildman–Crippen LogP) is -2.38. The smallest absolute Gasteiger partial charge is 0.322 e. The van der Waals surface area contributed by atoms with Crippen LogP contribution in [-0.2, 0) is 22.5 Å². The van der Waals surface area contributed by atoms with E-state index in [0.29, 0.717) is 44.2 Å². The summed E-state index contributed by atoms with van der Waals surface area (Å²) in [6, 6.07) is -0.574. The van der Waals surface area contributed by atoms with Gasteiger partial charge in [-0.25, -0.2) is 9.97 Å². The Bertz CT molecular complexity index is 771. The van der Waals surface area contributed by atoms with Crippen molar-refractivity contribution in [3.63, 3.8) is 0 Å². The van der Waals surface area contributed by atoms with Crippen LogP contribution in [0.1, 0.15) is 41.2 Å². The van der Waals surface area contributed by atoms with Crippen molar-refractivity contribution in [1.29, 1.82) is 0 Å². The molecule has 0 bridgehead atoms. The molecule has 2 aromatic heterocycles. The molecule has 0 aliphatic carbocycles. The fourth-order valence-electron chi connectivity index (χ4n) is 2.64. The van der Waals surface area contributed by atoms with E-state index in [-0.39, 0.29) is 18.4 Å². The number of rotatable bonds is 10. The van der Waals surface area contributed by atoms with Gasteiger partial charge in [0.2, 0.25) is 5.51 Å². The molecule has 1 atom stereocenters. The predicted molar refractivity (Wildman–Crippen MR) is 105 cm³/mol. The fraction of sp³-hybridized carbons (Fsp3) is 0.556. The monoisotopic (exact) mass is 428 g/mol. The number of anilines is 1. The van der Waals surface area contributed by atoms with E-state index >= 15 is 0 Å². The van der Waals surface area contributed by atoms with E-state index in [1.807, 2.05) is 19.4 Å². The molecular weight excluding hydrogens is 400 g/mol. The molecule has 0 unspecified atom stereocenters. The third-order valence-corrected chi connectivity index (χ3v) is 5.51. The Morgan fingerprint density at radius 1 is 1.36 bits per heavy atom. The lowest BCUT2D eigenvalue weighted by Gasteiger charge is -2.10. The number of ether oxygens (including phenoxy) is 1. The lowest BCUT2D eigenvalue weighted by molar-refractivity contribution is -0.689. The number of hydrogen-bond acceptors (Lipinski definition) is 8. The average Bonchev–Trinajstić information content (AvgIpc) is 2.97. The Balaban J connectivity index is 0.00000392. The maximum atomic E-state index is 11.9. The van der Waals surface area contributed by atoms with Crippen molar-refractivity contribution in [2.75, 3.05) is 18.9 Å². The van der Waals surface area contributed by atoms with Gasteiger partial charge in [0, 0.05) is 19.5 Å². The Morgan fingerprint density at radius 2 is 2.11 bits per heavy atom. The summed E-state index contributed by atoms with van der Waals surface area (Å²) >= 11 is 1.63. The first-order valence-electron chi connectivity index (χ1n) is 9.09. The Labute approximate surface area is 175 Å². The van der Waals surface area contributed by atoms with Crippen molar-refractivity contribution in [2.24, 2.45) is 11.5 Å².